The average molecular weight is 374 g/mol. The van der Waals surface area contributed by atoms with Gasteiger partial charge in [-0.3, -0.25) is 4.79 Å². The molecule has 1 aromatic heterocycles. The van der Waals surface area contributed by atoms with Gasteiger partial charge in [-0.05, 0) is 57.0 Å². The summed E-state index contributed by atoms with van der Waals surface area (Å²) >= 11 is 0. The Morgan fingerprint density at radius 1 is 1.07 bits per heavy atom. The van der Waals surface area contributed by atoms with Crippen molar-refractivity contribution < 1.29 is 4.79 Å². The molecule has 1 amide bonds. The number of hydrazone groups is 1. The summed E-state index contributed by atoms with van der Waals surface area (Å²) in [5.41, 5.74) is 6.61. The van der Waals surface area contributed by atoms with Crippen LogP contribution in [0.4, 0.5) is 5.69 Å². The summed E-state index contributed by atoms with van der Waals surface area (Å²) in [6.07, 6.45) is 6.28. The van der Waals surface area contributed by atoms with Crippen LogP contribution in [0.2, 0.25) is 0 Å². The number of benzene rings is 2. The third-order valence-electron chi connectivity index (χ3n) is 5.30. The Morgan fingerprint density at radius 3 is 2.50 bits per heavy atom. The van der Waals surface area contributed by atoms with Gasteiger partial charge in [0.1, 0.15) is 0 Å². The fourth-order valence-electron chi connectivity index (χ4n) is 3.79. The van der Waals surface area contributed by atoms with Crippen LogP contribution < -0.4 is 10.3 Å². The minimum absolute atomic E-state index is 0.197. The fourth-order valence-corrected chi connectivity index (χ4v) is 3.79. The van der Waals surface area contributed by atoms with Gasteiger partial charge in [0, 0.05) is 53.0 Å². The van der Waals surface area contributed by atoms with Crippen LogP contribution in [0.5, 0.6) is 0 Å². The Kier molecular flexibility index (Phi) is 5.15. The topological polar surface area (TPSA) is 49.6 Å². The third-order valence-corrected chi connectivity index (χ3v) is 5.30. The van der Waals surface area contributed by atoms with Crippen LogP contribution in [0.15, 0.2) is 59.8 Å². The van der Waals surface area contributed by atoms with Gasteiger partial charge < -0.3 is 9.47 Å². The maximum absolute atomic E-state index is 12.4. The second kappa shape index (κ2) is 7.89. The number of fused-ring (bicyclic) bond motifs is 1. The SMILES string of the molecule is CC(C)n1cc(/C=N\NC(=O)c2ccc(N3CCCC3)cc2)c2ccccc21. The average Bonchev–Trinajstić information content (AvgIpc) is 3.37. The van der Waals surface area contributed by atoms with Gasteiger partial charge >= 0.3 is 0 Å². The maximum atomic E-state index is 12.4. The van der Waals surface area contributed by atoms with Crippen molar-refractivity contribution in [1.82, 2.24) is 9.99 Å². The predicted molar refractivity (Wildman–Crippen MR) is 115 cm³/mol. The lowest BCUT2D eigenvalue weighted by Crippen LogP contribution is -2.19. The molecule has 1 aliphatic rings. The molecule has 1 N–H and O–H groups in total. The lowest BCUT2D eigenvalue weighted by atomic mass is 10.2. The van der Waals surface area contributed by atoms with Crippen LogP contribution in [-0.4, -0.2) is 29.8 Å². The number of amides is 1. The van der Waals surface area contributed by atoms with Gasteiger partial charge in [-0.1, -0.05) is 18.2 Å². The molecule has 4 rings (SSSR count). The summed E-state index contributed by atoms with van der Waals surface area (Å²) in [4.78, 5) is 14.8. The van der Waals surface area contributed by atoms with Crippen molar-refractivity contribution in [2.75, 3.05) is 18.0 Å². The summed E-state index contributed by atoms with van der Waals surface area (Å²) in [7, 11) is 0. The van der Waals surface area contributed by atoms with Crippen LogP contribution in [0.1, 0.15) is 48.7 Å². The number of nitrogens with one attached hydrogen (secondary N) is 1. The summed E-state index contributed by atoms with van der Waals surface area (Å²) in [6, 6.07) is 16.4. The highest BCUT2D eigenvalue weighted by atomic mass is 16.2. The Hall–Kier alpha value is -3.08. The van der Waals surface area contributed by atoms with Crippen molar-refractivity contribution >= 4 is 28.7 Å². The van der Waals surface area contributed by atoms with Crippen molar-refractivity contribution in [2.24, 2.45) is 5.10 Å². The van der Waals surface area contributed by atoms with E-state index in [0.29, 0.717) is 11.6 Å². The Labute approximate surface area is 165 Å². The molecule has 1 aliphatic heterocycles. The van der Waals surface area contributed by atoms with Gasteiger partial charge in [-0.2, -0.15) is 5.10 Å². The zero-order valence-corrected chi connectivity index (χ0v) is 16.4. The molecule has 28 heavy (non-hydrogen) atoms. The molecule has 0 unspecified atom stereocenters. The molecule has 5 heteroatoms. The number of nitrogens with zero attached hydrogens (tertiary/aromatic N) is 3. The normalized spacial score (nSPS) is 14.5. The van der Waals surface area contributed by atoms with E-state index < -0.39 is 0 Å². The van der Waals surface area contributed by atoms with Crippen molar-refractivity contribution in [2.45, 2.75) is 32.7 Å². The lowest BCUT2D eigenvalue weighted by Gasteiger charge is -2.17. The number of anilines is 1. The highest BCUT2D eigenvalue weighted by molar-refractivity contribution is 6.00. The first kappa shape index (κ1) is 18.3. The number of hydrogen-bond acceptors (Lipinski definition) is 3. The zero-order valence-electron chi connectivity index (χ0n) is 16.4. The monoisotopic (exact) mass is 374 g/mol. The van der Waals surface area contributed by atoms with E-state index in [1.54, 1.807) is 6.21 Å². The molecule has 0 radical (unpaired) electrons. The minimum Gasteiger partial charge on any atom is -0.372 e. The molecule has 0 aliphatic carbocycles. The molecule has 0 atom stereocenters. The van der Waals surface area contributed by atoms with E-state index in [-0.39, 0.29) is 5.91 Å². The summed E-state index contributed by atoms with van der Waals surface area (Å²) in [5.74, 6) is -0.197. The van der Waals surface area contributed by atoms with Crippen LogP contribution in [0, 0.1) is 0 Å². The van der Waals surface area contributed by atoms with Crippen LogP contribution >= 0.6 is 0 Å². The van der Waals surface area contributed by atoms with Gasteiger partial charge in [-0.25, -0.2) is 5.43 Å². The van der Waals surface area contributed by atoms with Gasteiger partial charge in [0.15, 0.2) is 0 Å². The molecule has 0 bridgehead atoms. The number of rotatable bonds is 5. The molecule has 144 valence electrons. The number of carbonyl (C=O) groups excluding carboxylic acids is 1. The molecule has 5 nitrogen and oxygen atoms in total. The summed E-state index contributed by atoms with van der Waals surface area (Å²) in [5, 5.41) is 5.32. The first-order chi connectivity index (χ1) is 13.6. The molecule has 2 heterocycles. The number of carbonyl (C=O) groups is 1. The Morgan fingerprint density at radius 2 is 1.79 bits per heavy atom. The standard InChI is InChI=1S/C23H26N4O/c1-17(2)27-16-19(21-7-3-4-8-22(21)27)15-24-25-23(28)18-9-11-20(12-10-18)26-13-5-6-14-26/h3-4,7-12,15-17H,5-6,13-14H2,1-2H3,(H,25,28)/b24-15-. The first-order valence-electron chi connectivity index (χ1n) is 9.91. The predicted octanol–water partition coefficient (Wildman–Crippen LogP) is 4.59. The van der Waals surface area contributed by atoms with Crippen molar-refractivity contribution in [3.63, 3.8) is 0 Å². The minimum atomic E-state index is -0.197. The van der Waals surface area contributed by atoms with E-state index in [1.165, 1.54) is 24.0 Å². The highest BCUT2D eigenvalue weighted by Gasteiger charge is 2.13. The molecular formula is C23H26N4O. The van der Waals surface area contributed by atoms with Gasteiger partial charge in [0.25, 0.3) is 5.91 Å². The van der Waals surface area contributed by atoms with Gasteiger partial charge in [0.2, 0.25) is 0 Å². The maximum Gasteiger partial charge on any atom is 0.271 e. The second-order valence-electron chi connectivity index (χ2n) is 7.54. The van der Waals surface area contributed by atoms with Gasteiger partial charge in [0.05, 0.1) is 6.21 Å². The largest absolute Gasteiger partial charge is 0.372 e. The van der Waals surface area contributed by atoms with E-state index in [4.69, 9.17) is 0 Å². The Balaban J connectivity index is 1.46. The van der Waals surface area contributed by atoms with Crippen molar-refractivity contribution in [1.29, 1.82) is 0 Å². The van der Waals surface area contributed by atoms with Gasteiger partial charge in [-0.15, -0.1) is 0 Å². The quantitative estimate of drug-likeness (QED) is 0.525. The number of hydrogen-bond donors (Lipinski definition) is 1. The second-order valence-corrected chi connectivity index (χ2v) is 7.54. The van der Waals surface area contributed by atoms with Crippen LogP contribution in [0.3, 0.4) is 0 Å². The van der Waals surface area contributed by atoms with Crippen LogP contribution in [0.25, 0.3) is 10.9 Å². The lowest BCUT2D eigenvalue weighted by molar-refractivity contribution is 0.0955. The molecule has 2 aromatic carbocycles. The van der Waals surface area contributed by atoms with E-state index in [0.717, 1.165) is 24.0 Å². The van der Waals surface area contributed by atoms with Crippen LogP contribution in [-0.2, 0) is 0 Å². The molecular weight excluding hydrogens is 348 g/mol. The molecule has 3 aromatic rings. The highest BCUT2D eigenvalue weighted by Crippen LogP contribution is 2.23. The van der Waals surface area contributed by atoms with E-state index >= 15 is 0 Å². The third kappa shape index (κ3) is 3.65. The molecule has 1 saturated heterocycles. The van der Waals surface area contributed by atoms with Crippen molar-refractivity contribution in [3.05, 3.63) is 65.9 Å². The van der Waals surface area contributed by atoms with E-state index in [9.17, 15) is 4.79 Å². The summed E-state index contributed by atoms with van der Waals surface area (Å²) in [6.45, 7) is 6.50. The van der Waals surface area contributed by atoms with Crippen molar-refractivity contribution in [3.8, 4) is 0 Å². The Bertz CT molecular complexity index is 995. The summed E-state index contributed by atoms with van der Waals surface area (Å²) < 4.78 is 2.22. The fraction of sp³-hybridized carbons (Fsp3) is 0.304. The van der Waals surface area contributed by atoms with E-state index in [1.807, 2.05) is 36.4 Å². The molecule has 0 spiro atoms. The number of aromatic nitrogens is 1. The molecule has 0 saturated carbocycles. The van der Waals surface area contributed by atoms with E-state index in [2.05, 4.69) is 52.2 Å². The zero-order chi connectivity index (χ0) is 19.5. The smallest absolute Gasteiger partial charge is 0.271 e. The first-order valence-corrected chi connectivity index (χ1v) is 9.91. The molecule has 1 fully saturated rings. The number of para-hydroxylation sites is 1.